The van der Waals surface area contributed by atoms with Gasteiger partial charge >= 0.3 is 0 Å². The quantitative estimate of drug-likeness (QED) is 0.0630. The fraction of sp³-hybridized carbons (Fsp3) is 0.212. The van der Waals surface area contributed by atoms with E-state index in [-0.39, 0.29) is 45.6 Å². The zero-order chi connectivity index (χ0) is 33.0. The van der Waals surface area contributed by atoms with Crippen molar-refractivity contribution in [3.05, 3.63) is 87.5 Å². The monoisotopic (exact) mass is 683 g/mol. The number of benzene rings is 3. The number of hydrogen-bond acceptors (Lipinski definition) is 10. The predicted molar refractivity (Wildman–Crippen MR) is 182 cm³/mol. The molecule has 3 fully saturated rings. The van der Waals surface area contributed by atoms with Crippen LogP contribution < -0.4 is 15.1 Å². The van der Waals surface area contributed by atoms with Gasteiger partial charge in [-0.05, 0) is 85.6 Å². The van der Waals surface area contributed by atoms with Crippen LogP contribution >= 0.6 is 35.3 Å². The van der Waals surface area contributed by atoms with E-state index in [1.54, 1.807) is 48.5 Å². The summed E-state index contributed by atoms with van der Waals surface area (Å²) >= 11 is 7.67. The summed E-state index contributed by atoms with van der Waals surface area (Å²) in [6, 6.07) is 16.8. The minimum absolute atomic E-state index is 0.0555. The first-order chi connectivity index (χ1) is 22.6. The van der Waals surface area contributed by atoms with E-state index in [0.29, 0.717) is 26.1 Å². The molecule has 47 heavy (non-hydrogen) atoms. The third-order valence-electron chi connectivity index (χ3n) is 8.50. The van der Waals surface area contributed by atoms with Crippen molar-refractivity contribution in [2.45, 2.75) is 41.8 Å². The Morgan fingerprint density at radius 2 is 1.70 bits per heavy atom. The Hall–Kier alpha value is -4.79. The molecule has 14 heteroatoms. The van der Waals surface area contributed by atoms with Crippen molar-refractivity contribution in [2.75, 3.05) is 9.80 Å². The van der Waals surface area contributed by atoms with Gasteiger partial charge in [0.1, 0.15) is 5.57 Å². The lowest BCUT2D eigenvalue weighted by Gasteiger charge is -2.29. The molecule has 2 saturated heterocycles. The van der Waals surface area contributed by atoms with Gasteiger partial charge in [-0.2, -0.15) is 0 Å². The Morgan fingerprint density at radius 3 is 2.40 bits per heavy atom. The fourth-order valence-corrected chi connectivity index (χ4v) is 8.69. The summed E-state index contributed by atoms with van der Waals surface area (Å²) in [6.45, 7) is 1.87. The van der Waals surface area contributed by atoms with Gasteiger partial charge in [0.25, 0.3) is 17.5 Å². The molecule has 1 aliphatic carbocycles. The number of thiocarbonyl (C=S) groups is 1. The second-order valence-corrected chi connectivity index (χ2v) is 14.2. The summed E-state index contributed by atoms with van der Waals surface area (Å²) in [6.07, 6.45) is 4.66. The van der Waals surface area contributed by atoms with E-state index in [4.69, 9.17) is 12.2 Å². The minimum Gasteiger partial charge on any atom is -0.298 e. The summed E-state index contributed by atoms with van der Waals surface area (Å²) < 4.78 is 1.27. The molecule has 3 aromatic carbocycles. The number of aryl methyl sites for hydroxylation is 1. The van der Waals surface area contributed by atoms with Crippen LogP contribution in [0, 0.1) is 28.9 Å². The van der Waals surface area contributed by atoms with Gasteiger partial charge in [0.2, 0.25) is 11.8 Å². The van der Waals surface area contributed by atoms with Crippen LogP contribution in [0.15, 0.2) is 75.5 Å². The molecule has 7 rings (SSSR count). The van der Waals surface area contributed by atoms with Crippen molar-refractivity contribution >= 4 is 97.4 Å². The number of nitrogens with one attached hydrogen (secondary N) is 1. The smallest absolute Gasteiger partial charge is 0.283 e. The Labute approximate surface area is 281 Å². The number of fused-ring (bicyclic) bond motifs is 2. The lowest BCUT2D eigenvalue weighted by Crippen LogP contribution is -2.54. The van der Waals surface area contributed by atoms with E-state index < -0.39 is 16.7 Å². The number of anilines is 2. The van der Waals surface area contributed by atoms with Crippen molar-refractivity contribution in [3.63, 3.8) is 0 Å². The third-order valence-corrected chi connectivity index (χ3v) is 10.9. The Morgan fingerprint density at radius 1 is 0.979 bits per heavy atom. The molecule has 11 nitrogen and oxygen atoms in total. The second-order valence-electron chi connectivity index (χ2n) is 11.5. The third kappa shape index (κ3) is 5.62. The Bertz CT molecular complexity index is 2070. The molecule has 2 aliphatic heterocycles. The SMILES string of the molecule is Cc1cccc(N2C(=O)/C(=C/c3ccc(Sc4nc5ccc(N6C(=O)[C@@H]7CCCC[C@H]7C6=O)cc5s4)c([N+](=O)[O-])c3)C(=O)NC2=S)c1. The number of hydrogen-bond donors (Lipinski definition) is 1. The molecule has 0 spiro atoms. The number of thiazole rings is 1. The molecule has 0 radical (unpaired) electrons. The van der Waals surface area contributed by atoms with Gasteiger partial charge in [-0.3, -0.25) is 44.4 Å². The second kappa shape index (κ2) is 12.1. The van der Waals surface area contributed by atoms with E-state index in [1.807, 2.05) is 13.0 Å². The van der Waals surface area contributed by atoms with Crippen molar-refractivity contribution in [1.82, 2.24) is 10.3 Å². The fourth-order valence-electron chi connectivity index (χ4n) is 6.26. The van der Waals surface area contributed by atoms with Gasteiger partial charge < -0.3 is 0 Å². The first kappa shape index (κ1) is 30.8. The molecular formula is C33H25N5O6S3. The number of rotatable bonds is 6. The maximum absolute atomic E-state index is 13.4. The first-order valence-electron chi connectivity index (χ1n) is 14.8. The highest BCUT2D eigenvalue weighted by molar-refractivity contribution is 8.01. The molecule has 236 valence electrons. The van der Waals surface area contributed by atoms with Gasteiger partial charge in [-0.25, -0.2) is 4.98 Å². The highest BCUT2D eigenvalue weighted by Crippen LogP contribution is 2.43. The van der Waals surface area contributed by atoms with Crippen LogP contribution in [-0.2, 0) is 19.2 Å². The molecule has 3 heterocycles. The van der Waals surface area contributed by atoms with Crippen LogP contribution in [0.1, 0.15) is 36.8 Å². The van der Waals surface area contributed by atoms with Crippen molar-refractivity contribution < 1.29 is 24.1 Å². The average molecular weight is 684 g/mol. The highest BCUT2D eigenvalue weighted by Gasteiger charge is 2.48. The summed E-state index contributed by atoms with van der Waals surface area (Å²) in [5.41, 5.74) is 2.37. The molecule has 1 N–H and O–H groups in total. The number of amides is 4. The minimum atomic E-state index is -0.699. The molecule has 0 bridgehead atoms. The zero-order valence-electron chi connectivity index (χ0n) is 24.8. The summed E-state index contributed by atoms with van der Waals surface area (Å²) in [5, 5.41) is 14.6. The van der Waals surface area contributed by atoms with Crippen molar-refractivity contribution in [2.24, 2.45) is 11.8 Å². The van der Waals surface area contributed by atoms with Gasteiger partial charge in [0.05, 0.1) is 43.2 Å². The van der Waals surface area contributed by atoms with Crippen LogP contribution in [0.4, 0.5) is 17.1 Å². The van der Waals surface area contributed by atoms with Crippen LogP contribution in [0.5, 0.6) is 0 Å². The maximum atomic E-state index is 13.4. The van der Waals surface area contributed by atoms with Crippen molar-refractivity contribution in [3.8, 4) is 0 Å². The molecule has 0 unspecified atom stereocenters. The van der Waals surface area contributed by atoms with Gasteiger partial charge in [-0.15, -0.1) is 11.3 Å². The lowest BCUT2D eigenvalue weighted by molar-refractivity contribution is -0.387. The number of nitro groups is 1. The van der Waals surface area contributed by atoms with Crippen LogP contribution in [0.2, 0.25) is 0 Å². The highest BCUT2D eigenvalue weighted by atomic mass is 32.2. The summed E-state index contributed by atoms with van der Waals surface area (Å²) in [7, 11) is 0. The van der Waals surface area contributed by atoms with E-state index in [9.17, 15) is 29.3 Å². The molecule has 2 atom stereocenters. The average Bonchev–Trinajstić information content (AvgIpc) is 3.56. The van der Waals surface area contributed by atoms with Crippen molar-refractivity contribution in [1.29, 1.82) is 0 Å². The topological polar surface area (TPSA) is 143 Å². The van der Waals surface area contributed by atoms with Crippen LogP contribution in [-0.4, -0.2) is 38.6 Å². The molecule has 1 aromatic heterocycles. The number of nitrogens with zero attached hydrogens (tertiary/aromatic N) is 4. The number of imide groups is 1. The van der Waals surface area contributed by atoms with E-state index >= 15 is 0 Å². The van der Waals surface area contributed by atoms with Gasteiger partial charge in [0, 0.05) is 6.07 Å². The van der Waals surface area contributed by atoms with E-state index in [1.165, 1.54) is 33.3 Å². The zero-order valence-corrected chi connectivity index (χ0v) is 27.2. The van der Waals surface area contributed by atoms with Crippen LogP contribution in [0.25, 0.3) is 16.3 Å². The van der Waals surface area contributed by atoms with Gasteiger partial charge in [-0.1, -0.05) is 42.8 Å². The molecule has 4 amide bonds. The standard InChI is InChI=1S/C33H25N5O6S3/c1-17-5-4-6-19(13-17)37-31(42)23(28(39)35-32(37)45)14-18-9-12-26(25(15-18)38(43)44)46-33-34-24-11-10-20(16-27(24)47-33)36-29(40)21-7-2-3-8-22(21)30(36)41/h4-6,9-16,21-22H,2-3,7-8H2,1H3,(H,35,39,45)/b23-14+/t21-,22-/m1/s1. The van der Waals surface area contributed by atoms with Gasteiger partial charge in [0.15, 0.2) is 9.45 Å². The van der Waals surface area contributed by atoms with E-state index in [2.05, 4.69) is 10.3 Å². The lowest BCUT2D eigenvalue weighted by atomic mass is 9.81. The normalized spacial score (nSPS) is 20.7. The molecule has 3 aliphatic rings. The molecule has 4 aromatic rings. The largest absolute Gasteiger partial charge is 0.298 e. The number of aromatic nitrogens is 1. The van der Waals surface area contributed by atoms with E-state index in [0.717, 1.165) is 47.7 Å². The Kier molecular flexibility index (Phi) is 7.94. The predicted octanol–water partition coefficient (Wildman–Crippen LogP) is 6.18. The number of carbonyl (C=O) groups excluding carboxylic acids is 4. The first-order valence-corrected chi connectivity index (χ1v) is 16.9. The summed E-state index contributed by atoms with van der Waals surface area (Å²) in [4.78, 5) is 71.5. The maximum Gasteiger partial charge on any atom is 0.283 e. The van der Waals surface area contributed by atoms with Crippen LogP contribution in [0.3, 0.4) is 0 Å². The molecule has 1 saturated carbocycles. The Balaban J connectivity index is 1.15. The number of carbonyl (C=O) groups is 4. The number of nitro benzene ring substituents is 1. The summed E-state index contributed by atoms with van der Waals surface area (Å²) in [5.74, 6) is -2.16. The molecular weight excluding hydrogens is 659 g/mol.